The third-order valence-corrected chi connectivity index (χ3v) is 4.87. The number of hydrogen-bond acceptors (Lipinski definition) is 6. The summed E-state index contributed by atoms with van der Waals surface area (Å²) >= 11 is 3.37. The van der Waals surface area contributed by atoms with Gasteiger partial charge in [-0.05, 0) is 69.3 Å². The quantitative estimate of drug-likeness (QED) is 0.364. The lowest BCUT2D eigenvalue weighted by Crippen LogP contribution is -2.54. The van der Waals surface area contributed by atoms with Crippen molar-refractivity contribution in [3.8, 4) is 5.75 Å². The minimum Gasteiger partial charge on any atom is -0.490 e. The van der Waals surface area contributed by atoms with E-state index in [1.54, 1.807) is 25.1 Å². The van der Waals surface area contributed by atoms with Crippen molar-refractivity contribution < 1.29 is 28.7 Å². The maximum absolute atomic E-state index is 13.1. The van der Waals surface area contributed by atoms with Crippen LogP contribution in [0.2, 0.25) is 0 Å². The fraction of sp³-hybridized carbons (Fsp3) is 0.217. The molecule has 0 aliphatic carbocycles. The van der Waals surface area contributed by atoms with E-state index in [0.717, 1.165) is 9.37 Å². The number of barbiturate groups is 1. The topological polar surface area (TPSA) is 102 Å². The Bertz CT molecular complexity index is 1110. The summed E-state index contributed by atoms with van der Waals surface area (Å²) in [6.07, 6.45) is 1.26. The molecule has 1 aliphatic heterocycles. The Morgan fingerprint density at radius 1 is 1.12 bits per heavy atom. The molecule has 32 heavy (non-hydrogen) atoms. The molecule has 4 amide bonds. The molecule has 0 bridgehead atoms. The van der Waals surface area contributed by atoms with Crippen LogP contribution in [0.1, 0.15) is 36.7 Å². The highest BCUT2D eigenvalue weighted by atomic mass is 79.9. The molecule has 9 heteroatoms. The fourth-order valence-corrected chi connectivity index (χ4v) is 3.38. The highest BCUT2D eigenvalue weighted by Gasteiger charge is 2.37. The van der Waals surface area contributed by atoms with Crippen LogP contribution >= 0.6 is 15.9 Å². The predicted molar refractivity (Wildman–Crippen MR) is 121 cm³/mol. The van der Waals surface area contributed by atoms with Crippen molar-refractivity contribution >= 4 is 51.5 Å². The largest absolute Gasteiger partial charge is 0.490 e. The van der Waals surface area contributed by atoms with Crippen molar-refractivity contribution in [3.05, 3.63) is 63.6 Å². The first-order valence-electron chi connectivity index (χ1n) is 9.86. The molecule has 1 heterocycles. The summed E-state index contributed by atoms with van der Waals surface area (Å²) in [6, 6.07) is 10.1. The number of imide groups is 2. The van der Waals surface area contributed by atoms with E-state index in [1.807, 2.05) is 13.8 Å². The molecule has 1 fully saturated rings. The number of amides is 4. The summed E-state index contributed by atoms with van der Waals surface area (Å²) in [5, 5.41) is 2.18. The van der Waals surface area contributed by atoms with E-state index in [-0.39, 0.29) is 29.5 Å². The van der Waals surface area contributed by atoms with Gasteiger partial charge < -0.3 is 9.47 Å². The smallest absolute Gasteiger partial charge is 0.338 e. The molecular weight excluding hydrogens is 480 g/mol. The van der Waals surface area contributed by atoms with Crippen molar-refractivity contribution in [2.75, 3.05) is 11.5 Å². The van der Waals surface area contributed by atoms with Gasteiger partial charge in [0.1, 0.15) is 11.3 Å². The molecule has 2 aromatic carbocycles. The first-order chi connectivity index (χ1) is 15.2. The van der Waals surface area contributed by atoms with E-state index < -0.39 is 23.8 Å². The van der Waals surface area contributed by atoms with Gasteiger partial charge in [-0.25, -0.2) is 14.5 Å². The summed E-state index contributed by atoms with van der Waals surface area (Å²) in [4.78, 5) is 50.7. The first-order valence-corrected chi connectivity index (χ1v) is 10.7. The molecule has 1 aliphatic rings. The van der Waals surface area contributed by atoms with E-state index in [0.29, 0.717) is 11.3 Å². The molecule has 3 rings (SSSR count). The molecule has 2 aromatic rings. The lowest BCUT2D eigenvalue weighted by molar-refractivity contribution is -0.122. The normalized spacial score (nSPS) is 15.2. The Hall–Kier alpha value is -3.46. The van der Waals surface area contributed by atoms with Crippen LogP contribution in [-0.2, 0) is 14.3 Å². The predicted octanol–water partition coefficient (Wildman–Crippen LogP) is 4.08. The molecule has 0 atom stereocenters. The van der Waals surface area contributed by atoms with Gasteiger partial charge >= 0.3 is 12.0 Å². The molecule has 0 radical (unpaired) electrons. The summed E-state index contributed by atoms with van der Waals surface area (Å²) in [5.74, 6) is -1.64. The average Bonchev–Trinajstić information content (AvgIpc) is 2.73. The second-order valence-electron chi connectivity index (χ2n) is 7.07. The molecular formula is C23H21BrN2O6. The maximum atomic E-state index is 13.1. The highest BCUT2D eigenvalue weighted by molar-refractivity contribution is 9.10. The molecule has 8 nitrogen and oxygen atoms in total. The van der Waals surface area contributed by atoms with Crippen molar-refractivity contribution in [2.24, 2.45) is 0 Å². The van der Waals surface area contributed by atoms with Gasteiger partial charge in [-0.1, -0.05) is 15.9 Å². The number of nitrogens with zero attached hydrogens (tertiary/aromatic N) is 1. The summed E-state index contributed by atoms with van der Waals surface area (Å²) in [7, 11) is 0. The lowest BCUT2D eigenvalue weighted by Gasteiger charge is -2.26. The van der Waals surface area contributed by atoms with Crippen molar-refractivity contribution in [2.45, 2.75) is 26.9 Å². The number of esters is 1. The van der Waals surface area contributed by atoms with E-state index in [4.69, 9.17) is 9.47 Å². The number of carbonyl (C=O) groups is 4. The van der Waals surface area contributed by atoms with Crippen molar-refractivity contribution in [1.29, 1.82) is 0 Å². The van der Waals surface area contributed by atoms with Crippen LogP contribution in [0.15, 0.2) is 52.5 Å². The third-order valence-electron chi connectivity index (χ3n) is 4.37. The summed E-state index contributed by atoms with van der Waals surface area (Å²) in [5.41, 5.74) is 0.744. The number of ether oxygens (including phenoxy) is 2. The number of anilines is 1. The Morgan fingerprint density at radius 2 is 1.81 bits per heavy atom. The summed E-state index contributed by atoms with van der Waals surface area (Å²) < 4.78 is 11.4. The van der Waals surface area contributed by atoms with Crippen LogP contribution in [0.5, 0.6) is 5.75 Å². The number of carbonyl (C=O) groups excluding carboxylic acids is 4. The number of benzene rings is 2. The van der Waals surface area contributed by atoms with Gasteiger partial charge in [-0.15, -0.1) is 0 Å². The van der Waals surface area contributed by atoms with Gasteiger partial charge in [-0.3, -0.25) is 14.9 Å². The van der Waals surface area contributed by atoms with E-state index in [1.165, 1.54) is 30.3 Å². The number of rotatable bonds is 6. The maximum Gasteiger partial charge on any atom is 0.338 e. The zero-order chi connectivity index (χ0) is 23.4. The summed E-state index contributed by atoms with van der Waals surface area (Å²) in [6.45, 7) is 5.63. The zero-order valence-corrected chi connectivity index (χ0v) is 19.3. The molecule has 1 N–H and O–H groups in total. The SMILES string of the molecule is CCOC(=O)c1ccc(N2C(=O)NC(=O)/C(=C\c3cc(Br)ccc3OC(C)C)C2=O)cc1. The second kappa shape index (κ2) is 9.78. The van der Waals surface area contributed by atoms with Gasteiger partial charge in [0.15, 0.2) is 0 Å². The van der Waals surface area contributed by atoms with Crippen LogP contribution in [0.3, 0.4) is 0 Å². The second-order valence-corrected chi connectivity index (χ2v) is 7.99. The molecule has 0 aromatic heterocycles. The van der Waals surface area contributed by atoms with E-state index in [9.17, 15) is 19.2 Å². The number of nitrogens with one attached hydrogen (secondary N) is 1. The number of hydrogen-bond donors (Lipinski definition) is 1. The van der Waals surface area contributed by atoms with Crippen LogP contribution in [0, 0.1) is 0 Å². The van der Waals surface area contributed by atoms with Crippen LogP contribution in [0.25, 0.3) is 6.08 Å². The van der Waals surface area contributed by atoms with Gasteiger partial charge in [0.05, 0.1) is 24.0 Å². The van der Waals surface area contributed by atoms with E-state index >= 15 is 0 Å². The standard InChI is InChI=1S/C23H21BrN2O6/c1-4-31-22(29)14-5-8-17(9-6-14)26-21(28)18(20(27)25-23(26)30)12-15-11-16(24)7-10-19(15)32-13(2)3/h5-13H,4H2,1-3H3,(H,25,27,30)/b18-12+. The van der Waals surface area contributed by atoms with Gasteiger partial charge in [0.25, 0.3) is 11.8 Å². The van der Waals surface area contributed by atoms with Crippen molar-refractivity contribution in [3.63, 3.8) is 0 Å². The van der Waals surface area contributed by atoms with Crippen LogP contribution in [-0.4, -0.2) is 36.5 Å². The van der Waals surface area contributed by atoms with Crippen LogP contribution in [0.4, 0.5) is 10.5 Å². The van der Waals surface area contributed by atoms with Gasteiger partial charge in [0.2, 0.25) is 0 Å². The van der Waals surface area contributed by atoms with E-state index in [2.05, 4.69) is 21.2 Å². The monoisotopic (exact) mass is 500 g/mol. The average molecular weight is 501 g/mol. The van der Waals surface area contributed by atoms with Crippen molar-refractivity contribution in [1.82, 2.24) is 5.32 Å². The Kier molecular flexibility index (Phi) is 7.09. The number of halogens is 1. The Labute approximate surface area is 193 Å². The first kappa shape index (κ1) is 23.2. The molecule has 0 spiro atoms. The zero-order valence-electron chi connectivity index (χ0n) is 17.7. The van der Waals surface area contributed by atoms with Gasteiger partial charge in [-0.2, -0.15) is 0 Å². The third kappa shape index (κ3) is 5.05. The molecule has 1 saturated heterocycles. The van der Waals surface area contributed by atoms with Crippen LogP contribution < -0.4 is 15.0 Å². The number of urea groups is 1. The highest BCUT2D eigenvalue weighted by Crippen LogP contribution is 2.29. The lowest BCUT2D eigenvalue weighted by atomic mass is 10.1. The fourth-order valence-electron chi connectivity index (χ4n) is 3.00. The van der Waals surface area contributed by atoms with Gasteiger partial charge in [0, 0.05) is 10.0 Å². The molecule has 0 saturated carbocycles. The Balaban J connectivity index is 1.97. The molecule has 0 unspecified atom stereocenters. The minimum absolute atomic E-state index is 0.125. The minimum atomic E-state index is -0.881. The molecule has 166 valence electrons. The Morgan fingerprint density at radius 3 is 2.44 bits per heavy atom.